The molecule has 0 bridgehead atoms. The first-order valence-electron chi connectivity index (χ1n) is 5.67. The van der Waals surface area contributed by atoms with Crippen LogP contribution in [0.2, 0.25) is 0 Å². The van der Waals surface area contributed by atoms with Crippen molar-refractivity contribution in [3.05, 3.63) is 35.9 Å². The molecular weight excluding hydrogens is 200 g/mol. The quantitative estimate of drug-likeness (QED) is 0.578. The summed E-state index contributed by atoms with van der Waals surface area (Å²) in [5, 5.41) is 3.85. The minimum Gasteiger partial charge on any atom is -0.273 e. The highest BCUT2D eigenvalue weighted by Crippen LogP contribution is 2.01. The highest BCUT2D eigenvalue weighted by atomic mass is 16.2. The summed E-state index contributed by atoms with van der Waals surface area (Å²) in [5.74, 6) is -0.0313. The van der Waals surface area contributed by atoms with E-state index in [4.69, 9.17) is 0 Å². The second-order valence-electron chi connectivity index (χ2n) is 3.62. The Kier molecular flexibility index (Phi) is 5.92. The smallest absolute Gasteiger partial charge is 0.240 e. The number of carbonyl (C=O) groups excluding carboxylic acids is 1. The Hall–Kier alpha value is -1.64. The molecule has 1 N–H and O–H groups in total. The minimum absolute atomic E-state index is 0.0313. The summed E-state index contributed by atoms with van der Waals surface area (Å²) in [6, 6.07) is 9.97. The second-order valence-corrected chi connectivity index (χ2v) is 3.62. The fourth-order valence-electron chi connectivity index (χ4n) is 1.27. The molecule has 0 saturated heterocycles. The van der Waals surface area contributed by atoms with Crippen molar-refractivity contribution < 1.29 is 4.79 Å². The van der Waals surface area contributed by atoms with E-state index in [9.17, 15) is 4.79 Å². The van der Waals surface area contributed by atoms with Gasteiger partial charge in [-0.2, -0.15) is 5.10 Å². The van der Waals surface area contributed by atoms with E-state index >= 15 is 0 Å². The largest absolute Gasteiger partial charge is 0.273 e. The third-order valence-electron chi connectivity index (χ3n) is 2.18. The van der Waals surface area contributed by atoms with Crippen molar-refractivity contribution in [3.8, 4) is 0 Å². The number of hydrogen-bond acceptors (Lipinski definition) is 2. The molecular formula is C13H18N2O. The van der Waals surface area contributed by atoms with Gasteiger partial charge in [0.2, 0.25) is 5.91 Å². The normalized spacial score (nSPS) is 10.6. The number of unbranched alkanes of at least 4 members (excludes halogenated alkanes) is 1. The van der Waals surface area contributed by atoms with Gasteiger partial charge in [-0.3, -0.25) is 4.79 Å². The lowest BCUT2D eigenvalue weighted by Crippen LogP contribution is -2.17. The van der Waals surface area contributed by atoms with Crippen LogP contribution in [0.5, 0.6) is 0 Å². The molecule has 1 amide bonds. The molecule has 3 nitrogen and oxygen atoms in total. The highest BCUT2D eigenvalue weighted by Gasteiger charge is 1.99. The van der Waals surface area contributed by atoms with Crippen molar-refractivity contribution in [1.29, 1.82) is 0 Å². The monoisotopic (exact) mass is 218 g/mol. The summed E-state index contributed by atoms with van der Waals surface area (Å²) >= 11 is 0. The summed E-state index contributed by atoms with van der Waals surface area (Å²) in [4.78, 5) is 11.4. The topological polar surface area (TPSA) is 41.5 Å². The summed E-state index contributed by atoms with van der Waals surface area (Å²) < 4.78 is 0. The van der Waals surface area contributed by atoms with E-state index in [1.807, 2.05) is 30.3 Å². The van der Waals surface area contributed by atoms with Crippen LogP contribution >= 0.6 is 0 Å². The van der Waals surface area contributed by atoms with E-state index in [0.717, 1.165) is 19.3 Å². The summed E-state index contributed by atoms with van der Waals surface area (Å²) in [6.45, 7) is 2.07. The van der Waals surface area contributed by atoms with Gasteiger partial charge in [0.05, 0.1) is 0 Å². The molecule has 0 unspecified atom stereocenters. The van der Waals surface area contributed by atoms with Crippen LogP contribution in [-0.2, 0) is 11.2 Å². The zero-order chi connectivity index (χ0) is 11.6. The van der Waals surface area contributed by atoms with Gasteiger partial charge in [-0.05, 0) is 18.4 Å². The molecule has 0 radical (unpaired) electrons. The minimum atomic E-state index is -0.0313. The van der Waals surface area contributed by atoms with Crippen molar-refractivity contribution in [2.24, 2.45) is 5.10 Å². The molecule has 0 heterocycles. The van der Waals surface area contributed by atoms with Crippen molar-refractivity contribution in [3.63, 3.8) is 0 Å². The molecule has 0 fully saturated rings. The van der Waals surface area contributed by atoms with Crippen molar-refractivity contribution >= 4 is 12.1 Å². The van der Waals surface area contributed by atoms with E-state index < -0.39 is 0 Å². The molecule has 86 valence electrons. The highest BCUT2D eigenvalue weighted by molar-refractivity contribution is 5.76. The average Bonchev–Trinajstić information content (AvgIpc) is 2.33. The SMILES string of the molecule is CCC/C=N/NC(=O)CCc1ccccc1. The number of rotatable bonds is 6. The average molecular weight is 218 g/mol. The Morgan fingerprint density at radius 1 is 1.38 bits per heavy atom. The number of nitrogens with one attached hydrogen (secondary N) is 1. The Balaban J connectivity index is 2.20. The van der Waals surface area contributed by atoms with Gasteiger partial charge in [-0.15, -0.1) is 0 Å². The number of carbonyl (C=O) groups is 1. The summed E-state index contributed by atoms with van der Waals surface area (Å²) in [6.07, 6.45) is 4.92. The molecule has 0 aliphatic heterocycles. The first-order valence-corrected chi connectivity index (χ1v) is 5.67. The third kappa shape index (κ3) is 5.29. The molecule has 0 atom stereocenters. The van der Waals surface area contributed by atoms with Crippen LogP contribution in [0.1, 0.15) is 31.7 Å². The lowest BCUT2D eigenvalue weighted by molar-refractivity contribution is -0.121. The van der Waals surface area contributed by atoms with E-state index in [0.29, 0.717) is 6.42 Å². The van der Waals surface area contributed by atoms with Gasteiger partial charge in [0.25, 0.3) is 0 Å². The second kappa shape index (κ2) is 7.63. The van der Waals surface area contributed by atoms with Gasteiger partial charge in [0, 0.05) is 12.6 Å². The Labute approximate surface area is 96.6 Å². The number of nitrogens with zero attached hydrogens (tertiary/aromatic N) is 1. The van der Waals surface area contributed by atoms with Gasteiger partial charge in [0.15, 0.2) is 0 Å². The molecule has 3 heteroatoms. The number of hydrazone groups is 1. The van der Waals surface area contributed by atoms with E-state index in [1.165, 1.54) is 5.56 Å². The summed E-state index contributed by atoms with van der Waals surface area (Å²) in [5.41, 5.74) is 3.69. The van der Waals surface area contributed by atoms with Gasteiger partial charge in [-0.25, -0.2) is 5.43 Å². The zero-order valence-corrected chi connectivity index (χ0v) is 9.65. The Morgan fingerprint density at radius 3 is 2.81 bits per heavy atom. The van der Waals surface area contributed by atoms with E-state index in [1.54, 1.807) is 6.21 Å². The van der Waals surface area contributed by atoms with Crippen LogP contribution in [0.25, 0.3) is 0 Å². The fraction of sp³-hybridized carbons (Fsp3) is 0.385. The maximum absolute atomic E-state index is 11.4. The lowest BCUT2D eigenvalue weighted by Gasteiger charge is -2.00. The van der Waals surface area contributed by atoms with Crippen molar-refractivity contribution in [2.45, 2.75) is 32.6 Å². The molecule has 1 aromatic carbocycles. The van der Waals surface area contributed by atoms with Crippen molar-refractivity contribution in [1.82, 2.24) is 5.43 Å². The van der Waals surface area contributed by atoms with Gasteiger partial charge < -0.3 is 0 Å². The van der Waals surface area contributed by atoms with Crippen LogP contribution < -0.4 is 5.43 Å². The van der Waals surface area contributed by atoms with Crippen LogP contribution in [-0.4, -0.2) is 12.1 Å². The Bertz CT molecular complexity index is 333. The van der Waals surface area contributed by atoms with Gasteiger partial charge in [0.1, 0.15) is 0 Å². The van der Waals surface area contributed by atoms with Gasteiger partial charge in [-0.1, -0.05) is 43.7 Å². The predicted octanol–water partition coefficient (Wildman–Crippen LogP) is 2.52. The lowest BCUT2D eigenvalue weighted by atomic mass is 10.1. The summed E-state index contributed by atoms with van der Waals surface area (Å²) in [7, 11) is 0. The maximum Gasteiger partial charge on any atom is 0.240 e. The van der Waals surface area contributed by atoms with E-state index in [2.05, 4.69) is 17.5 Å². The molecule has 1 rings (SSSR count). The molecule has 0 aromatic heterocycles. The maximum atomic E-state index is 11.4. The molecule has 1 aromatic rings. The van der Waals surface area contributed by atoms with Crippen LogP contribution in [0.15, 0.2) is 35.4 Å². The molecule has 0 spiro atoms. The third-order valence-corrected chi connectivity index (χ3v) is 2.18. The van der Waals surface area contributed by atoms with Crippen LogP contribution in [0, 0.1) is 0 Å². The number of amides is 1. The van der Waals surface area contributed by atoms with Crippen LogP contribution in [0.4, 0.5) is 0 Å². The zero-order valence-electron chi connectivity index (χ0n) is 9.65. The molecule has 0 aliphatic carbocycles. The molecule has 0 saturated carbocycles. The predicted molar refractivity (Wildman–Crippen MR) is 66.3 cm³/mol. The number of benzene rings is 1. The van der Waals surface area contributed by atoms with Gasteiger partial charge >= 0.3 is 0 Å². The standard InChI is InChI=1S/C13H18N2O/c1-2-3-11-14-15-13(16)10-9-12-7-5-4-6-8-12/h4-8,11H,2-3,9-10H2,1H3,(H,15,16)/b14-11+. The van der Waals surface area contributed by atoms with E-state index in [-0.39, 0.29) is 5.91 Å². The fourth-order valence-corrected chi connectivity index (χ4v) is 1.27. The Morgan fingerprint density at radius 2 is 2.12 bits per heavy atom. The first kappa shape index (κ1) is 12.4. The number of hydrogen-bond donors (Lipinski definition) is 1. The first-order chi connectivity index (χ1) is 7.83. The van der Waals surface area contributed by atoms with Crippen LogP contribution in [0.3, 0.4) is 0 Å². The molecule has 0 aliphatic rings. The van der Waals surface area contributed by atoms with Crippen molar-refractivity contribution in [2.75, 3.05) is 0 Å². The molecule has 16 heavy (non-hydrogen) atoms. The number of aryl methyl sites for hydroxylation is 1.